The lowest BCUT2D eigenvalue weighted by molar-refractivity contribution is -0.143. The van der Waals surface area contributed by atoms with Crippen LogP contribution < -0.4 is 5.32 Å². The first kappa shape index (κ1) is 17.9. The number of esters is 1. The number of hydrogen-bond donors (Lipinski definition) is 1. The van der Waals surface area contributed by atoms with Crippen LogP contribution in [0.4, 0.5) is 0 Å². The summed E-state index contributed by atoms with van der Waals surface area (Å²) in [5, 5.41) is 2.73. The number of amides is 1. The standard InChI is InChI=1S/C17H24N2O3/c1-3-4-5-6-7-8-9-15(17(21)22-2)19-16(20)14-10-12-18-13-11-14/h3,10-13,15H,1,4-9H2,2H3,(H,19,20)/t15-/m1/s1. The van der Waals surface area contributed by atoms with E-state index in [-0.39, 0.29) is 5.91 Å². The van der Waals surface area contributed by atoms with E-state index in [1.165, 1.54) is 7.11 Å². The highest BCUT2D eigenvalue weighted by atomic mass is 16.5. The predicted octanol–water partition coefficient (Wildman–Crippen LogP) is 2.88. The van der Waals surface area contributed by atoms with Crippen LogP contribution in [0.5, 0.6) is 0 Å². The summed E-state index contributed by atoms with van der Waals surface area (Å²) in [7, 11) is 1.33. The molecule has 0 bridgehead atoms. The summed E-state index contributed by atoms with van der Waals surface area (Å²) in [6, 6.07) is 2.61. The van der Waals surface area contributed by atoms with Crippen LogP contribution in [-0.4, -0.2) is 30.0 Å². The van der Waals surface area contributed by atoms with E-state index in [9.17, 15) is 9.59 Å². The number of ether oxygens (including phenoxy) is 1. The first-order valence-electron chi connectivity index (χ1n) is 7.58. The fourth-order valence-electron chi connectivity index (χ4n) is 2.13. The van der Waals surface area contributed by atoms with Crippen LogP contribution in [0.15, 0.2) is 37.2 Å². The third-order valence-electron chi connectivity index (χ3n) is 3.38. The van der Waals surface area contributed by atoms with Gasteiger partial charge in [0.25, 0.3) is 5.91 Å². The number of rotatable bonds is 10. The molecule has 0 aliphatic rings. The molecule has 0 aliphatic heterocycles. The fraction of sp³-hybridized carbons (Fsp3) is 0.471. The molecule has 1 atom stereocenters. The smallest absolute Gasteiger partial charge is 0.328 e. The summed E-state index contributed by atoms with van der Waals surface area (Å²) in [4.78, 5) is 27.7. The topological polar surface area (TPSA) is 68.3 Å². The van der Waals surface area contributed by atoms with Crippen molar-refractivity contribution in [3.8, 4) is 0 Å². The van der Waals surface area contributed by atoms with Gasteiger partial charge in [-0.05, 0) is 31.4 Å². The summed E-state index contributed by atoms with van der Waals surface area (Å²) in [5.74, 6) is -0.696. The van der Waals surface area contributed by atoms with Crippen molar-refractivity contribution in [2.75, 3.05) is 7.11 Å². The van der Waals surface area contributed by atoms with Gasteiger partial charge in [0.2, 0.25) is 0 Å². The van der Waals surface area contributed by atoms with E-state index in [4.69, 9.17) is 4.74 Å². The van der Waals surface area contributed by atoms with Crippen molar-refractivity contribution in [3.63, 3.8) is 0 Å². The average Bonchev–Trinajstić information content (AvgIpc) is 2.56. The number of carbonyl (C=O) groups is 2. The zero-order valence-electron chi connectivity index (χ0n) is 13.1. The van der Waals surface area contributed by atoms with E-state index in [0.29, 0.717) is 12.0 Å². The number of pyridine rings is 1. The molecule has 1 heterocycles. The molecule has 0 fully saturated rings. The highest BCUT2D eigenvalue weighted by molar-refractivity contribution is 5.96. The van der Waals surface area contributed by atoms with Gasteiger partial charge in [-0.15, -0.1) is 6.58 Å². The highest BCUT2D eigenvalue weighted by Gasteiger charge is 2.21. The zero-order chi connectivity index (χ0) is 16.2. The quantitative estimate of drug-likeness (QED) is 0.410. The van der Waals surface area contributed by atoms with E-state index >= 15 is 0 Å². The summed E-state index contributed by atoms with van der Waals surface area (Å²) in [6.07, 6.45) is 10.7. The van der Waals surface area contributed by atoms with Crippen molar-refractivity contribution in [2.24, 2.45) is 0 Å². The number of carbonyl (C=O) groups excluding carboxylic acids is 2. The predicted molar refractivity (Wildman–Crippen MR) is 85.4 cm³/mol. The Balaban J connectivity index is 2.45. The Kier molecular flexibility index (Phi) is 8.57. The van der Waals surface area contributed by atoms with Gasteiger partial charge in [-0.1, -0.05) is 25.3 Å². The molecule has 5 heteroatoms. The van der Waals surface area contributed by atoms with Gasteiger partial charge in [-0.2, -0.15) is 0 Å². The minimum atomic E-state index is -0.606. The largest absolute Gasteiger partial charge is 0.467 e. The number of methoxy groups -OCH3 is 1. The maximum absolute atomic E-state index is 12.1. The molecule has 0 unspecified atom stereocenters. The van der Waals surface area contributed by atoms with Gasteiger partial charge in [0, 0.05) is 18.0 Å². The summed E-state index contributed by atoms with van der Waals surface area (Å²) < 4.78 is 4.77. The van der Waals surface area contributed by atoms with Crippen molar-refractivity contribution in [1.82, 2.24) is 10.3 Å². The third-order valence-corrected chi connectivity index (χ3v) is 3.38. The summed E-state index contributed by atoms with van der Waals surface area (Å²) in [5.41, 5.74) is 0.481. The van der Waals surface area contributed by atoms with E-state index in [1.807, 2.05) is 6.08 Å². The molecule has 1 aromatic heterocycles. The van der Waals surface area contributed by atoms with Gasteiger partial charge in [0.15, 0.2) is 0 Å². The minimum Gasteiger partial charge on any atom is -0.467 e. The first-order chi connectivity index (χ1) is 10.7. The Morgan fingerprint density at radius 2 is 1.95 bits per heavy atom. The normalized spacial score (nSPS) is 11.5. The fourth-order valence-corrected chi connectivity index (χ4v) is 2.13. The van der Waals surface area contributed by atoms with Crippen molar-refractivity contribution in [1.29, 1.82) is 0 Å². The molecule has 120 valence electrons. The van der Waals surface area contributed by atoms with Crippen LogP contribution in [0.3, 0.4) is 0 Å². The van der Waals surface area contributed by atoms with Crippen LogP contribution in [-0.2, 0) is 9.53 Å². The Hall–Kier alpha value is -2.17. The molecular formula is C17H24N2O3. The SMILES string of the molecule is C=CCCCCCC[C@@H](NC(=O)c1ccncc1)C(=O)OC. The number of aromatic nitrogens is 1. The number of nitrogens with one attached hydrogen (secondary N) is 1. The third kappa shape index (κ3) is 6.52. The molecule has 5 nitrogen and oxygen atoms in total. The minimum absolute atomic E-state index is 0.288. The molecule has 0 radical (unpaired) electrons. The number of hydrogen-bond acceptors (Lipinski definition) is 4. The zero-order valence-corrected chi connectivity index (χ0v) is 13.1. The lowest BCUT2D eigenvalue weighted by Gasteiger charge is -2.16. The number of nitrogens with zero attached hydrogens (tertiary/aromatic N) is 1. The second-order valence-electron chi connectivity index (χ2n) is 5.07. The molecule has 1 N–H and O–H groups in total. The lowest BCUT2D eigenvalue weighted by Crippen LogP contribution is -2.41. The molecule has 1 rings (SSSR count). The van der Waals surface area contributed by atoms with Crippen LogP contribution in [0.2, 0.25) is 0 Å². The summed E-state index contributed by atoms with van der Waals surface area (Å²) >= 11 is 0. The molecular weight excluding hydrogens is 280 g/mol. The van der Waals surface area contributed by atoms with E-state index < -0.39 is 12.0 Å². The van der Waals surface area contributed by atoms with E-state index in [2.05, 4.69) is 16.9 Å². The van der Waals surface area contributed by atoms with Crippen molar-refractivity contribution in [3.05, 3.63) is 42.7 Å². The molecule has 0 saturated carbocycles. The number of allylic oxidation sites excluding steroid dienone is 1. The van der Waals surface area contributed by atoms with Crippen molar-refractivity contribution in [2.45, 2.75) is 44.6 Å². The molecule has 0 aliphatic carbocycles. The van der Waals surface area contributed by atoms with E-state index in [0.717, 1.165) is 32.1 Å². The second-order valence-corrected chi connectivity index (χ2v) is 5.07. The van der Waals surface area contributed by atoms with Crippen molar-refractivity contribution >= 4 is 11.9 Å². The van der Waals surface area contributed by atoms with Gasteiger partial charge in [0.05, 0.1) is 7.11 Å². The second kappa shape index (κ2) is 10.5. The first-order valence-corrected chi connectivity index (χ1v) is 7.58. The molecule has 22 heavy (non-hydrogen) atoms. The molecule has 1 amide bonds. The number of unbranched alkanes of at least 4 members (excludes halogenated alkanes) is 4. The molecule has 0 aromatic carbocycles. The maximum atomic E-state index is 12.1. The Morgan fingerprint density at radius 3 is 2.59 bits per heavy atom. The molecule has 1 aromatic rings. The van der Waals surface area contributed by atoms with Gasteiger partial charge in [-0.3, -0.25) is 9.78 Å². The monoisotopic (exact) mass is 304 g/mol. The Bertz CT molecular complexity index is 474. The summed E-state index contributed by atoms with van der Waals surface area (Å²) in [6.45, 7) is 3.69. The van der Waals surface area contributed by atoms with E-state index in [1.54, 1.807) is 24.5 Å². The average molecular weight is 304 g/mol. The van der Waals surface area contributed by atoms with Crippen LogP contribution in [0.1, 0.15) is 48.9 Å². The highest BCUT2D eigenvalue weighted by Crippen LogP contribution is 2.09. The van der Waals surface area contributed by atoms with Gasteiger partial charge in [-0.25, -0.2) is 4.79 Å². The molecule has 0 spiro atoms. The van der Waals surface area contributed by atoms with Crippen LogP contribution >= 0.6 is 0 Å². The van der Waals surface area contributed by atoms with Gasteiger partial charge >= 0.3 is 5.97 Å². The van der Waals surface area contributed by atoms with Gasteiger partial charge < -0.3 is 10.1 Å². The van der Waals surface area contributed by atoms with Crippen molar-refractivity contribution < 1.29 is 14.3 Å². The Labute approximate surface area is 131 Å². The van der Waals surface area contributed by atoms with Gasteiger partial charge in [0.1, 0.15) is 6.04 Å². The van der Waals surface area contributed by atoms with Crippen LogP contribution in [0, 0.1) is 0 Å². The maximum Gasteiger partial charge on any atom is 0.328 e. The lowest BCUT2D eigenvalue weighted by atomic mass is 10.1. The van der Waals surface area contributed by atoms with Crippen LogP contribution in [0.25, 0.3) is 0 Å². The molecule has 0 saturated heterocycles. The Morgan fingerprint density at radius 1 is 1.27 bits per heavy atom.